The van der Waals surface area contributed by atoms with Gasteiger partial charge in [-0.2, -0.15) is 0 Å². The van der Waals surface area contributed by atoms with Crippen molar-refractivity contribution in [1.82, 2.24) is 15.5 Å². The van der Waals surface area contributed by atoms with E-state index in [-0.39, 0.29) is 0 Å². The van der Waals surface area contributed by atoms with Crippen LogP contribution in [-0.4, -0.2) is 29.8 Å². The first-order chi connectivity index (χ1) is 10.1. The summed E-state index contributed by atoms with van der Waals surface area (Å²) in [7, 11) is 0. The number of nitrogens with one attached hydrogen (secondary N) is 1. The van der Waals surface area contributed by atoms with Crippen LogP contribution in [0, 0.1) is 17.8 Å². The Kier molecular flexibility index (Phi) is 6.03. The molecule has 1 aliphatic heterocycles. The molecule has 1 unspecified atom stereocenters. The van der Waals surface area contributed by atoms with Crippen LogP contribution in [0.2, 0.25) is 0 Å². The summed E-state index contributed by atoms with van der Waals surface area (Å²) in [6, 6.07) is 0.695. The lowest BCUT2D eigenvalue weighted by Crippen LogP contribution is -2.24. The molecule has 1 N–H and O–H groups in total. The number of hydrogen-bond donors (Lipinski definition) is 1. The summed E-state index contributed by atoms with van der Waals surface area (Å²) in [5.74, 6) is 2.91. The van der Waals surface area contributed by atoms with Crippen molar-refractivity contribution < 1.29 is 4.42 Å². The van der Waals surface area contributed by atoms with Gasteiger partial charge in [0.25, 0.3) is 0 Å². The molecule has 5 nitrogen and oxygen atoms in total. The number of nitrogens with zero attached hydrogens (tertiary/aromatic N) is 3. The third-order valence-corrected chi connectivity index (χ3v) is 4.27. The normalized spacial score (nSPS) is 20.3. The van der Waals surface area contributed by atoms with Gasteiger partial charge in [-0.05, 0) is 43.6 Å². The zero-order chi connectivity index (χ0) is 15.2. The van der Waals surface area contributed by atoms with E-state index < -0.39 is 0 Å². The quantitative estimate of drug-likeness (QED) is 0.874. The molecule has 0 aliphatic carbocycles. The summed E-state index contributed by atoms with van der Waals surface area (Å²) in [4.78, 5) is 2.25. The van der Waals surface area contributed by atoms with Crippen molar-refractivity contribution >= 4 is 6.01 Å². The molecular formula is C16H30N4O. The molecule has 1 aromatic rings. The molecule has 1 fully saturated rings. The molecule has 0 bridgehead atoms. The van der Waals surface area contributed by atoms with Crippen molar-refractivity contribution in [2.75, 3.05) is 24.5 Å². The standard InChI is InChI=1S/C16H30N4O/c1-12(2)10-17-11-15-18-19-16(21-15)20-8-5-6-14(7-9-20)13(3)4/h12-14,17H,5-11H2,1-4H3. The Morgan fingerprint density at radius 2 is 2.00 bits per heavy atom. The Bertz CT molecular complexity index is 416. The van der Waals surface area contributed by atoms with Gasteiger partial charge >= 0.3 is 6.01 Å². The second-order valence-corrected chi connectivity index (χ2v) is 6.93. The average molecular weight is 294 g/mol. The Morgan fingerprint density at radius 1 is 1.19 bits per heavy atom. The van der Waals surface area contributed by atoms with Crippen LogP contribution < -0.4 is 10.2 Å². The van der Waals surface area contributed by atoms with Crippen molar-refractivity contribution in [3.05, 3.63) is 5.89 Å². The molecule has 5 heteroatoms. The van der Waals surface area contributed by atoms with E-state index in [0.29, 0.717) is 24.4 Å². The van der Waals surface area contributed by atoms with Gasteiger partial charge in [0, 0.05) is 13.1 Å². The van der Waals surface area contributed by atoms with Gasteiger partial charge in [-0.3, -0.25) is 0 Å². The smallest absolute Gasteiger partial charge is 0.318 e. The summed E-state index contributed by atoms with van der Waals surface area (Å²) >= 11 is 0. The Hall–Kier alpha value is -1.10. The van der Waals surface area contributed by atoms with Crippen molar-refractivity contribution in [3.8, 4) is 0 Å². The summed E-state index contributed by atoms with van der Waals surface area (Å²) < 4.78 is 5.80. The van der Waals surface area contributed by atoms with Crippen LogP contribution in [0.4, 0.5) is 6.01 Å². The molecule has 1 aromatic heterocycles. The van der Waals surface area contributed by atoms with Gasteiger partial charge in [-0.25, -0.2) is 0 Å². The highest BCUT2D eigenvalue weighted by Gasteiger charge is 2.22. The van der Waals surface area contributed by atoms with Crippen molar-refractivity contribution in [1.29, 1.82) is 0 Å². The predicted octanol–water partition coefficient (Wildman–Crippen LogP) is 3.08. The molecule has 0 aromatic carbocycles. The van der Waals surface area contributed by atoms with Crippen molar-refractivity contribution in [3.63, 3.8) is 0 Å². The molecule has 2 rings (SSSR count). The van der Waals surface area contributed by atoms with E-state index in [1.807, 2.05) is 0 Å². The van der Waals surface area contributed by atoms with Gasteiger partial charge in [0.15, 0.2) is 0 Å². The Balaban J connectivity index is 1.86. The summed E-state index contributed by atoms with van der Waals surface area (Å²) in [6.45, 7) is 12.7. The third-order valence-electron chi connectivity index (χ3n) is 4.27. The zero-order valence-electron chi connectivity index (χ0n) is 13.9. The topological polar surface area (TPSA) is 54.2 Å². The van der Waals surface area contributed by atoms with E-state index in [1.165, 1.54) is 19.3 Å². The lowest BCUT2D eigenvalue weighted by atomic mass is 9.89. The largest absolute Gasteiger partial charge is 0.407 e. The SMILES string of the molecule is CC(C)CNCc1nnc(N2CCCC(C(C)C)CC2)o1. The van der Waals surface area contributed by atoms with E-state index in [2.05, 4.69) is 48.1 Å². The fourth-order valence-electron chi connectivity index (χ4n) is 2.89. The minimum Gasteiger partial charge on any atom is -0.407 e. The maximum Gasteiger partial charge on any atom is 0.318 e. The van der Waals surface area contributed by atoms with Crippen LogP contribution in [0.3, 0.4) is 0 Å². The monoisotopic (exact) mass is 294 g/mol. The van der Waals surface area contributed by atoms with Crippen LogP contribution in [-0.2, 0) is 6.54 Å². The molecule has 0 spiro atoms. The molecule has 1 saturated heterocycles. The third kappa shape index (κ3) is 4.99. The van der Waals surface area contributed by atoms with Crippen LogP contribution in [0.5, 0.6) is 0 Å². The number of aromatic nitrogens is 2. The van der Waals surface area contributed by atoms with Gasteiger partial charge in [0.1, 0.15) is 0 Å². The lowest BCUT2D eigenvalue weighted by Gasteiger charge is -2.19. The molecule has 21 heavy (non-hydrogen) atoms. The molecular weight excluding hydrogens is 264 g/mol. The minimum absolute atomic E-state index is 0.631. The molecule has 0 radical (unpaired) electrons. The zero-order valence-corrected chi connectivity index (χ0v) is 13.9. The van der Waals surface area contributed by atoms with Gasteiger partial charge < -0.3 is 14.6 Å². The first-order valence-corrected chi connectivity index (χ1v) is 8.34. The second kappa shape index (κ2) is 7.78. The van der Waals surface area contributed by atoms with Crippen LogP contribution >= 0.6 is 0 Å². The molecule has 1 atom stereocenters. The summed E-state index contributed by atoms with van der Waals surface area (Å²) in [5.41, 5.74) is 0. The first-order valence-electron chi connectivity index (χ1n) is 8.34. The van der Waals surface area contributed by atoms with Crippen molar-refractivity contribution in [2.24, 2.45) is 17.8 Å². The Labute approximate surface area is 128 Å². The van der Waals surface area contributed by atoms with E-state index in [1.54, 1.807) is 0 Å². The highest BCUT2D eigenvalue weighted by molar-refractivity contribution is 5.24. The average Bonchev–Trinajstić information content (AvgIpc) is 2.74. The summed E-state index contributed by atoms with van der Waals surface area (Å²) in [6.07, 6.45) is 3.75. The van der Waals surface area contributed by atoms with E-state index in [4.69, 9.17) is 4.42 Å². The van der Waals surface area contributed by atoms with E-state index in [0.717, 1.165) is 31.5 Å². The highest BCUT2D eigenvalue weighted by atomic mass is 16.4. The van der Waals surface area contributed by atoms with Crippen LogP contribution in [0.25, 0.3) is 0 Å². The van der Waals surface area contributed by atoms with Crippen LogP contribution in [0.15, 0.2) is 4.42 Å². The minimum atomic E-state index is 0.631. The number of anilines is 1. The second-order valence-electron chi connectivity index (χ2n) is 6.93. The van der Waals surface area contributed by atoms with Crippen LogP contribution in [0.1, 0.15) is 52.8 Å². The van der Waals surface area contributed by atoms with Gasteiger partial charge in [-0.15, -0.1) is 5.10 Å². The Morgan fingerprint density at radius 3 is 2.71 bits per heavy atom. The van der Waals surface area contributed by atoms with E-state index in [9.17, 15) is 0 Å². The fourth-order valence-corrected chi connectivity index (χ4v) is 2.89. The van der Waals surface area contributed by atoms with Gasteiger partial charge in [-0.1, -0.05) is 32.8 Å². The highest BCUT2D eigenvalue weighted by Crippen LogP contribution is 2.26. The lowest BCUT2D eigenvalue weighted by molar-refractivity contribution is 0.350. The number of rotatable bonds is 6. The predicted molar refractivity (Wildman–Crippen MR) is 85.2 cm³/mol. The maximum absolute atomic E-state index is 5.80. The molecule has 120 valence electrons. The molecule has 2 heterocycles. The first kappa shape index (κ1) is 16.3. The van der Waals surface area contributed by atoms with Gasteiger partial charge in [0.2, 0.25) is 5.89 Å². The molecule has 0 amide bonds. The maximum atomic E-state index is 5.80. The van der Waals surface area contributed by atoms with Crippen molar-refractivity contribution in [2.45, 2.75) is 53.5 Å². The number of hydrogen-bond acceptors (Lipinski definition) is 5. The molecule has 1 aliphatic rings. The fraction of sp³-hybridized carbons (Fsp3) is 0.875. The van der Waals surface area contributed by atoms with Gasteiger partial charge in [0.05, 0.1) is 6.54 Å². The molecule has 0 saturated carbocycles. The van der Waals surface area contributed by atoms with E-state index >= 15 is 0 Å². The summed E-state index contributed by atoms with van der Waals surface area (Å²) in [5, 5.41) is 11.7.